The number of fused-ring (bicyclic) bond motifs is 1. The summed E-state index contributed by atoms with van der Waals surface area (Å²) in [5, 5.41) is 9.43. The maximum absolute atomic E-state index is 11.2. The molecule has 1 aliphatic rings. The first kappa shape index (κ1) is 15.3. The highest BCUT2D eigenvalue weighted by molar-refractivity contribution is 6.35. The van der Waals surface area contributed by atoms with E-state index in [1.54, 1.807) is 6.92 Å². The van der Waals surface area contributed by atoms with Gasteiger partial charge in [0.05, 0.1) is 16.2 Å². The molecule has 118 valence electrons. The van der Waals surface area contributed by atoms with Gasteiger partial charge in [-0.05, 0) is 31.5 Å². The second-order valence-corrected chi connectivity index (χ2v) is 6.39. The second-order valence-electron chi connectivity index (χ2n) is 5.98. The van der Waals surface area contributed by atoms with E-state index in [4.69, 9.17) is 11.6 Å². The molecular weight excluding hydrogens is 300 g/mol. The molecule has 1 aromatic carbocycles. The molecule has 2 heterocycles. The van der Waals surface area contributed by atoms with Crippen molar-refractivity contribution < 1.29 is 4.79 Å². The molecule has 0 bridgehead atoms. The van der Waals surface area contributed by atoms with Crippen LogP contribution in [0.5, 0.6) is 0 Å². The lowest BCUT2D eigenvalue weighted by molar-refractivity contribution is -0.120. The number of piperidine rings is 1. The predicted molar refractivity (Wildman–Crippen MR) is 87.8 cm³/mol. The van der Waals surface area contributed by atoms with Crippen molar-refractivity contribution >= 4 is 28.4 Å². The summed E-state index contributed by atoms with van der Waals surface area (Å²) in [6.45, 7) is 4.23. The molecule has 22 heavy (non-hydrogen) atoms. The van der Waals surface area contributed by atoms with Crippen molar-refractivity contribution in [2.45, 2.75) is 32.4 Å². The Hall–Kier alpha value is -1.59. The van der Waals surface area contributed by atoms with Crippen LogP contribution >= 0.6 is 11.6 Å². The number of aromatic nitrogens is 2. The average molecular weight is 321 g/mol. The number of nitrogens with zero attached hydrogens (tertiary/aromatic N) is 3. The van der Waals surface area contributed by atoms with Crippen LogP contribution in [0.3, 0.4) is 0 Å². The van der Waals surface area contributed by atoms with E-state index in [0.29, 0.717) is 0 Å². The van der Waals surface area contributed by atoms with E-state index in [1.165, 1.54) is 0 Å². The molecule has 1 aromatic heterocycles. The maximum Gasteiger partial charge on any atom is 0.217 e. The Balaban J connectivity index is 1.80. The van der Waals surface area contributed by atoms with Crippen molar-refractivity contribution in [3.8, 4) is 0 Å². The summed E-state index contributed by atoms with van der Waals surface area (Å²) in [6, 6.07) is 6.13. The largest absolute Gasteiger partial charge is 0.352 e. The van der Waals surface area contributed by atoms with E-state index in [2.05, 4.69) is 15.3 Å². The Kier molecular flexibility index (Phi) is 4.36. The smallest absolute Gasteiger partial charge is 0.217 e. The van der Waals surface area contributed by atoms with Gasteiger partial charge in [0.1, 0.15) is 0 Å². The van der Waals surface area contributed by atoms with Crippen LogP contribution in [0.15, 0.2) is 18.2 Å². The Morgan fingerprint density at radius 3 is 3.09 bits per heavy atom. The number of amides is 1. The molecule has 1 saturated heterocycles. The molecule has 1 fully saturated rings. The predicted octanol–water partition coefficient (Wildman–Crippen LogP) is 2.33. The fourth-order valence-electron chi connectivity index (χ4n) is 3.28. The summed E-state index contributed by atoms with van der Waals surface area (Å²) < 4.78 is 1.88. The zero-order valence-corrected chi connectivity index (χ0v) is 13.7. The molecule has 0 unspecified atom stereocenters. The van der Waals surface area contributed by atoms with E-state index >= 15 is 0 Å². The van der Waals surface area contributed by atoms with Gasteiger partial charge in [0.2, 0.25) is 5.91 Å². The summed E-state index contributed by atoms with van der Waals surface area (Å²) >= 11 is 6.36. The second kappa shape index (κ2) is 6.26. The minimum Gasteiger partial charge on any atom is -0.352 e. The number of nitrogens with one attached hydrogen (secondary N) is 1. The highest BCUT2D eigenvalue weighted by Gasteiger charge is 2.22. The maximum atomic E-state index is 11.2. The van der Waals surface area contributed by atoms with Crippen LogP contribution in [0.25, 0.3) is 10.9 Å². The highest BCUT2D eigenvalue weighted by Crippen LogP contribution is 2.27. The van der Waals surface area contributed by atoms with Gasteiger partial charge in [0.25, 0.3) is 0 Å². The third-order valence-electron chi connectivity index (χ3n) is 4.19. The third kappa shape index (κ3) is 3.10. The van der Waals surface area contributed by atoms with Gasteiger partial charge in [0.15, 0.2) is 0 Å². The van der Waals surface area contributed by atoms with Gasteiger partial charge in [-0.1, -0.05) is 17.7 Å². The number of carbonyl (C=O) groups is 1. The van der Waals surface area contributed by atoms with Crippen LogP contribution in [0.2, 0.25) is 5.02 Å². The van der Waals surface area contributed by atoms with Crippen molar-refractivity contribution in [3.05, 3.63) is 28.9 Å². The normalized spacial score (nSPS) is 19.5. The highest BCUT2D eigenvalue weighted by atomic mass is 35.5. The average Bonchev–Trinajstić information content (AvgIpc) is 2.76. The van der Waals surface area contributed by atoms with Gasteiger partial charge in [-0.2, -0.15) is 5.10 Å². The first-order valence-electron chi connectivity index (χ1n) is 7.64. The Morgan fingerprint density at radius 2 is 2.32 bits per heavy atom. The van der Waals surface area contributed by atoms with E-state index in [0.717, 1.165) is 54.1 Å². The van der Waals surface area contributed by atoms with Crippen LogP contribution in [0.1, 0.15) is 25.5 Å². The number of benzene rings is 1. The van der Waals surface area contributed by atoms with Gasteiger partial charge in [0, 0.05) is 38.5 Å². The van der Waals surface area contributed by atoms with Gasteiger partial charge in [-0.25, -0.2) is 0 Å². The number of carbonyl (C=O) groups excluding carboxylic acids is 1. The van der Waals surface area contributed by atoms with Crippen molar-refractivity contribution in [1.82, 2.24) is 20.0 Å². The Labute approximate surface area is 135 Å². The van der Waals surface area contributed by atoms with E-state index < -0.39 is 0 Å². The first-order chi connectivity index (χ1) is 10.5. The van der Waals surface area contributed by atoms with Gasteiger partial charge in [-0.3, -0.25) is 14.4 Å². The number of rotatable bonds is 3. The molecule has 1 atom stereocenters. The van der Waals surface area contributed by atoms with Crippen LogP contribution in [0, 0.1) is 0 Å². The van der Waals surface area contributed by atoms with Crippen LogP contribution in [-0.2, 0) is 18.4 Å². The monoisotopic (exact) mass is 320 g/mol. The lowest BCUT2D eigenvalue weighted by Crippen LogP contribution is -2.46. The van der Waals surface area contributed by atoms with Crippen molar-refractivity contribution in [3.63, 3.8) is 0 Å². The number of likely N-dealkylation sites (tertiary alicyclic amines) is 1. The zero-order valence-electron chi connectivity index (χ0n) is 13.0. The van der Waals surface area contributed by atoms with Gasteiger partial charge >= 0.3 is 0 Å². The van der Waals surface area contributed by atoms with Gasteiger partial charge in [-0.15, -0.1) is 0 Å². The fourth-order valence-corrected chi connectivity index (χ4v) is 3.56. The van der Waals surface area contributed by atoms with Gasteiger partial charge < -0.3 is 5.32 Å². The SMILES string of the molecule is CC(=O)N[C@H]1CCCN(Cc2nn(C)c3cccc(Cl)c23)C1. The van der Waals surface area contributed by atoms with Crippen molar-refractivity contribution in [1.29, 1.82) is 0 Å². The molecule has 0 spiro atoms. The van der Waals surface area contributed by atoms with E-state index in [9.17, 15) is 4.79 Å². The van der Waals surface area contributed by atoms with Crippen LogP contribution in [-0.4, -0.2) is 39.7 Å². The summed E-state index contributed by atoms with van der Waals surface area (Å²) in [6.07, 6.45) is 2.13. The molecule has 6 heteroatoms. The first-order valence-corrected chi connectivity index (χ1v) is 8.02. The number of aryl methyl sites for hydroxylation is 1. The fraction of sp³-hybridized carbons (Fsp3) is 0.500. The van der Waals surface area contributed by atoms with Crippen molar-refractivity contribution in [2.75, 3.05) is 13.1 Å². The quantitative estimate of drug-likeness (QED) is 0.944. The van der Waals surface area contributed by atoms with Crippen LogP contribution < -0.4 is 5.32 Å². The lowest BCUT2D eigenvalue weighted by atomic mass is 10.1. The van der Waals surface area contributed by atoms with E-state index in [1.807, 2.05) is 29.9 Å². The lowest BCUT2D eigenvalue weighted by Gasteiger charge is -2.32. The van der Waals surface area contributed by atoms with Crippen molar-refractivity contribution in [2.24, 2.45) is 7.05 Å². The van der Waals surface area contributed by atoms with Crippen LogP contribution in [0.4, 0.5) is 0 Å². The molecule has 0 aliphatic carbocycles. The molecule has 1 amide bonds. The Bertz CT molecular complexity index is 697. The molecule has 5 nitrogen and oxygen atoms in total. The standard InChI is InChI=1S/C16H21ClN4O/c1-11(22)18-12-5-4-8-21(9-12)10-14-16-13(17)6-3-7-15(16)20(2)19-14/h3,6-7,12H,4-5,8-10H2,1-2H3,(H,18,22)/t12-/m0/s1. The summed E-state index contributed by atoms with van der Waals surface area (Å²) in [4.78, 5) is 13.6. The summed E-state index contributed by atoms with van der Waals surface area (Å²) in [5.74, 6) is 0.0400. The molecule has 1 N–H and O–H groups in total. The summed E-state index contributed by atoms with van der Waals surface area (Å²) in [5.41, 5.74) is 2.06. The number of halogens is 1. The van der Waals surface area contributed by atoms with E-state index in [-0.39, 0.29) is 11.9 Å². The molecule has 1 aliphatic heterocycles. The molecular formula is C16H21ClN4O. The Morgan fingerprint density at radius 1 is 1.50 bits per heavy atom. The minimum atomic E-state index is 0.0400. The number of hydrogen-bond donors (Lipinski definition) is 1. The third-order valence-corrected chi connectivity index (χ3v) is 4.50. The number of hydrogen-bond acceptors (Lipinski definition) is 3. The topological polar surface area (TPSA) is 50.2 Å². The molecule has 3 rings (SSSR count). The zero-order chi connectivity index (χ0) is 15.7. The summed E-state index contributed by atoms with van der Waals surface area (Å²) in [7, 11) is 1.94. The molecule has 0 radical (unpaired) electrons. The molecule has 2 aromatic rings. The molecule has 0 saturated carbocycles. The minimum absolute atomic E-state index is 0.0400.